The molecule has 134 valence electrons. The maximum Gasteiger partial charge on any atom is 0.281 e. The van der Waals surface area contributed by atoms with E-state index < -0.39 is 15.9 Å². The van der Waals surface area contributed by atoms with Crippen molar-refractivity contribution in [3.8, 4) is 0 Å². The zero-order valence-electron chi connectivity index (χ0n) is 13.7. The first-order chi connectivity index (χ1) is 11.9. The lowest BCUT2D eigenvalue weighted by atomic mass is 10.1. The number of fused-ring (bicyclic) bond motifs is 1. The monoisotopic (exact) mass is 364 g/mol. The van der Waals surface area contributed by atoms with Gasteiger partial charge in [-0.05, 0) is 31.4 Å². The zero-order valence-corrected chi connectivity index (χ0v) is 14.5. The Kier molecular flexibility index (Phi) is 3.90. The predicted molar refractivity (Wildman–Crippen MR) is 89.2 cm³/mol. The Hall–Kier alpha value is -2.16. The molecule has 3 heterocycles. The fourth-order valence-corrected chi connectivity index (χ4v) is 4.42. The van der Waals surface area contributed by atoms with E-state index in [1.807, 2.05) is 9.80 Å². The number of pyridine rings is 1. The summed E-state index contributed by atoms with van der Waals surface area (Å²) >= 11 is 0. The van der Waals surface area contributed by atoms with Gasteiger partial charge in [-0.2, -0.15) is 8.42 Å². The molecule has 1 saturated carbocycles. The quantitative estimate of drug-likeness (QED) is 0.814. The Morgan fingerprint density at radius 2 is 2.00 bits per heavy atom. The molecule has 0 radical (unpaired) electrons. The fourth-order valence-electron chi connectivity index (χ4n) is 3.42. The highest BCUT2D eigenvalue weighted by Crippen LogP contribution is 2.29. The lowest BCUT2D eigenvalue weighted by molar-refractivity contribution is -0.129. The Labute approximate surface area is 146 Å². The Morgan fingerprint density at radius 3 is 2.76 bits per heavy atom. The van der Waals surface area contributed by atoms with Crippen molar-refractivity contribution in [3.63, 3.8) is 0 Å². The van der Waals surface area contributed by atoms with Gasteiger partial charge in [0.1, 0.15) is 5.82 Å². The van der Waals surface area contributed by atoms with Gasteiger partial charge < -0.3 is 9.80 Å². The molecule has 1 unspecified atom stereocenters. The minimum atomic E-state index is -3.95. The molecule has 3 fully saturated rings. The van der Waals surface area contributed by atoms with Crippen molar-refractivity contribution in [2.75, 3.05) is 24.5 Å². The second-order valence-corrected chi connectivity index (χ2v) is 8.43. The van der Waals surface area contributed by atoms with Gasteiger partial charge in [-0.25, -0.2) is 9.71 Å². The first kappa shape index (κ1) is 16.3. The number of amides is 2. The van der Waals surface area contributed by atoms with E-state index in [0.29, 0.717) is 31.9 Å². The van der Waals surface area contributed by atoms with E-state index in [9.17, 15) is 18.0 Å². The van der Waals surface area contributed by atoms with Gasteiger partial charge in [0, 0.05) is 38.0 Å². The SMILES string of the molecule is O=C(NS(=O)(=O)c1cccc(N2CCN3C(=O)CCC3C2)n1)C1CC1. The number of nitrogens with one attached hydrogen (secondary N) is 1. The van der Waals surface area contributed by atoms with E-state index in [0.717, 1.165) is 19.3 Å². The molecule has 1 aromatic rings. The van der Waals surface area contributed by atoms with Crippen LogP contribution in [-0.2, 0) is 19.6 Å². The lowest BCUT2D eigenvalue weighted by Gasteiger charge is -2.38. The van der Waals surface area contributed by atoms with Crippen LogP contribution in [0.1, 0.15) is 25.7 Å². The van der Waals surface area contributed by atoms with Crippen LogP contribution in [-0.4, -0.2) is 55.8 Å². The molecule has 2 saturated heterocycles. The van der Waals surface area contributed by atoms with E-state index in [1.54, 1.807) is 12.1 Å². The van der Waals surface area contributed by atoms with Crippen molar-refractivity contribution >= 4 is 27.7 Å². The van der Waals surface area contributed by atoms with Crippen molar-refractivity contribution in [2.45, 2.75) is 36.8 Å². The molecular formula is C16H20N4O4S. The summed E-state index contributed by atoms with van der Waals surface area (Å²) in [6, 6.07) is 4.94. The predicted octanol–water partition coefficient (Wildman–Crippen LogP) is 0.107. The fraction of sp³-hybridized carbons (Fsp3) is 0.562. The van der Waals surface area contributed by atoms with E-state index in [4.69, 9.17) is 0 Å². The summed E-state index contributed by atoms with van der Waals surface area (Å²) in [7, 11) is -3.95. The molecule has 25 heavy (non-hydrogen) atoms. The number of carbonyl (C=O) groups excluding carboxylic acids is 2. The molecule has 0 bridgehead atoms. The van der Waals surface area contributed by atoms with E-state index in [2.05, 4.69) is 9.71 Å². The number of anilines is 1. The summed E-state index contributed by atoms with van der Waals surface area (Å²) in [5, 5.41) is -0.149. The maximum atomic E-state index is 12.4. The molecule has 9 heteroatoms. The summed E-state index contributed by atoms with van der Waals surface area (Å²) in [6.45, 7) is 1.89. The number of carbonyl (C=O) groups is 2. The Balaban J connectivity index is 1.51. The average molecular weight is 364 g/mol. The largest absolute Gasteiger partial charge is 0.353 e. The normalized spacial score (nSPS) is 23.5. The van der Waals surface area contributed by atoms with E-state index in [1.165, 1.54) is 6.07 Å². The van der Waals surface area contributed by atoms with Gasteiger partial charge >= 0.3 is 0 Å². The molecule has 8 nitrogen and oxygen atoms in total. The second kappa shape index (κ2) is 5.98. The van der Waals surface area contributed by atoms with Gasteiger partial charge in [-0.1, -0.05) is 6.07 Å². The molecule has 3 aliphatic rings. The van der Waals surface area contributed by atoms with Crippen molar-refractivity contribution in [2.24, 2.45) is 5.92 Å². The number of hydrogen-bond acceptors (Lipinski definition) is 6. The number of sulfonamides is 1. The zero-order chi connectivity index (χ0) is 17.6. The summed E-state index contributed by atoms with van der Waals surface area (Å²) < 4.78 is 26.8. The van der Waals surface area contributed by atoms with Gasteiger partial charge in [-0.3, -0.25) is 9.59 Å². The molecule has 1 aliphatic carbocycles. The summed E-state index contributed by atoms with van der Waals surface area (Å²) in [6.07, 6.45) is 2.87. The van der Waals surface area contributed by atoms with Gasteiger partial charge in [0.05, 0.1) is 0 Å². The highest BCUT2D eigenvalue weighted by atomic mass is 32.2. The molecule has 0 aromatic carbocycles. The van der Waals surface area contributed by atoms with Crippen LogP contribution in [0.5, 0.6) is 0 Å². The third-order valence-corrected chi connectivity index (χ3v) is 6.23. The first-order valence-electron chi connectivity index (χ1n) is 8.52. The van der Waals surface area contributed by atoms with Crippen molar-refractivity contribution in [1.82, 2.24) is 14.6 Å². The molecule has 2 amide bonds. The van der Waals surface area contributed by atoms with Gasteiger partial charge in [0.15, 0.2) is 5.03 Å². The number of piperazine rings is 1. The Morgan fingerprint density at radius 1 is 1.20 bits per heavy atom. The van der Waals surface area contributed by atoms with Crippen LogP contribution < -0.4 is 9.62 Å². The second-order valence-electron chi connectivity index (χ2n) is 6.80. The van der Waals surface area contributed by atoms with E-state index >= 15 is 0 Å². The van der Waals surface area contributed by atoms with Crippen LogP contribution in [0.3, 0.4) is 0 Å². The average Bonchev–Trinajstić information content (AvgIpc) is 3.39. The van der Waals surface area contributed by atoms with Crippen molar-refractivity contribution in [3.05, 3.63) is 18.2 Å². The highest BCUT2D eigenvalue weighted by molar-refractivity contribution is 7.90. The number of hydrogen-bond donors (Lipinski definition) is 1. The van der Waals surface area contributed by atoms with Crippen molar-refractivity contribution in [1.29, 1.82) is 0 Å². The minimum absolute atomic E-state index is 0.149. The highest BCUT2D eigenvalue weighted by Gasteiger charge is 2.36. The first-order valence-corrected chi connectivity index (χ1v) is 10.0. The topological polar surface area (TPSA) is 99.7 Å². The molecule has 1 N–H and O–H groups in total. The minimum Gasteiger partial charge on any atom is -0.353 e. The van der Waals surface area contributed by atoms with Crippen LogP contribution in [0.25, 0.3) is 0 Å². The summed E-state index contributed by atoms with van der Waals surface area (Å²) in [5.74, 6) is 0.105. The third kappa shape index (κ3) is 3.20. The molecule has 4 rings (SSSR count). The molecule has 2 aliphatic heterocycles. The molecule has 0 spiro atoms. The van der Waals surface area contributed by atoms with Crippen LogP contribution in [0.4, 0.5) is 5.82 Å². The maximum absolute atomic E-state index is 12.4. The smallest absolute Gasteiger partial charge is 0.281 e. The standard InChI is InChI=1S/C16H20N4O4S/c21-15-7-6-12-10-19(8-9-20(12)15)13-2-1-3-14(17-13)25(23,24)18-16(22)11-4-5-11/h1-3,11-12H,4-10H2,(H,18,22). The summed E-state index contributed by atoms with van der Waals surface area (Å²) in [4.78, 5) is 31.7. The third-order valence-electron chi connectivity index (χ3n) is 4.99. The Bertz CT molecular complexity index is 821. The van der Waals surface area contributed by atoms with Gasteiger partial charge in [0.25, 0.3) is 10.0 Å². The van der Waals surface area contributed by atoms with Crippen LogP contribution in [0.15, 0.2) is 23.2 Å². The van der Waals surface area contributed by atoms with Crippen molar-refractivity contribution < 1.29 is 18.0 Å². The van der Waals surface area contributed by atoms with Crippen LogP contribution in [0.2, 0.25) is 0 Å². The van der Waals surface area contributed by atoms with Gasteiger partial charge in [-0.15, -0.1) is 0 Å². The lowest BCUT2D eigenvalue weighted by Crippen LogP contribution is -2.51. The van der Waals surface area contributed by atoms with Crippen LogP contribution in [0, 0.1) is 5.92 Å². The van der Waals surface area contributed by atoms with Crippen LogP contribution >= 0.6 is 0 Å². The molecular weight excluding hydrogens is 344 g/mol. The number of rotatable bonds is 4. The number of aromatic nitrogens is 1. The molecule has 1 atom stereocenters. The van der Waals surface area contributed by atoms with Gasteiger partial charge in [0.2, 0.25) is 11.8 Å². The summed E-state index contributed by atoms with van der Waals surface area (Å²) in [5.41, 5.74) is 0. The van der Waals surface area contributed by atoms with E-state index in [-0.39, 0.29) is 22.9 Å². The molecule has 1 aromatic heterocycles. The number of nitrogens with zero attached hydrogens (tertiary/aromatic N) is 3.